The first-order valence-corrected chi connectivity index (χ1v) is 12.8. The Kier molecular flexibility index (Phi) is 7.57. The van der Waals surface area contributed by atoms with Crippen LogP contribution in [0, 0.1) is 17.2 Å². The van der Waals surface area contributed by atoms with Gasteiger partial charge in [-0.15, -0.1) is 0 Å². The second kappa shape index (κ2) is 11.4. The van der Waals surface area contributed by atoms with Crippen molar-refractivity contribution in [2.75, 3.05) is 26.7 Å². The summed E-state index contributed by atoms with van der Waals surface area (Å²) in [6.45, 7) is 4.84. The normalized spacial score (nSPS) is 15.1. The average Bonchev–Trinajstić information content (AvgIpc) is 2.97. The lowest BCUT2D eigenvalue weighted by Crippen LogP contribution is -2.32. The van der Waals surface area contributed by atoms with Gasteiger partial charge in [-0.25, -0.2) is 14.6 Å². The van der Waals surface area contributed by atoms with Crippen molar-refractivity contribution in [2.45, 2.75) is 25.8 Å². The monoisotopic (exact) mass is 506 g/mol. The third-order valence-electron chi connectivity index (χ3n) is 7.06. The number of nitrogens with zero attached hydrogens (tertiary/aromatic N) is 6. The quantitative estimate of drug-likeness (QED) is 0.362. The lowest BCUT2D eigenvalue weighted by atomic mass is 9.98. The molecular formula is C30H30N6O2. The summed E-state index contributed by atoms with van der Waals surface area (Å²) < 4.78 is 7.43. The van der Waals surface area contributed by atoms with Crippen molar-refractivity contribution >= 4 is 0 Å². The Bertz CT molecular complexity index is 1500. The zero-order valence-corrected chi connectivity index (χ0v) is 21.6. The summed E-state index contributed by atoms with van der Waals surface area (Å²) in [6, 6.07) is 20.0. The topological polar surface area (TPSA) is 96.9 Å². The van der Waals surface area contributed by atoms with Gasteiger partial charge in [-0.3, -0.25) is 4.79 Å². The van der Waals surface area contributed by atoms with Gasteiger partial charge in [0.25, 0.3) is 5.56 Å². The van der Waals surface area contributed by atoms with E-state index in [-0.39, 0.29) is 11.6 Å². The summed E-state index contributed by atoms with van der Waals surface area (Å²) in [6.07, 6.45) is 5.73. The predicted octanol–water partition coefficient (Wildman–Crippen LogP) is 4.57. The molecule has 1 aliphatic heterocycles. The van der Waals surface area contributed by atoms with Crippen molar-refractivity contribution in [1.29, 1.82) is 5.26 Å². The Labute approximate surface area is 222 Å². The molecule has 0 saturated carbocycles. The average molecular weight is 507 g/mol. The number of benzene rings is 2. The number of rotatable bonds is 7. The Hall–Kier alpha value is -4.35. The maximum atomic E-state index is 12.7. The van der Waals surface area contributed by atoms with E-state index in [0.29, 0.717) is 35.4 Å². The van der Waals surface area contributed by atoms with E-state index >= 15 is 0 Å². The van der Waals surface area contributed by atoms with Gasteiger partial charge < -0.3 is 9.64 Å². The molecule has 8 heteroatoms. The van der Waals surface area contributed by atoms with Gasteiger partial charge in [-0.2, -0.15) is 10.4 Å². The molecule has 1 saturated heterocycles. The molecule has 2 aromatic carbocycles. The van der Waals surface area contributed by atoms with Gasteiger partial charge in [0.15, 0.2) is 11.6 Å². The summed E-state index contributed by atoms with van der Waals surface area (Å²) in [4.78, 5) is 24.1. The highest BCUT2D eigenvalue weighted by Crippen LogP contribution is 2.24. The highest BCUT2D eigenvalue weighted by Gasteiger charge is 2.18. The van der Waals surface area contributed by atoms with E-state index in [4.69, 9.17) is 4.74 Å². The van der Waals surface area contributed by atoms with Crippen molar-refractivity contribution in [1.82, 2.24) is 24.6 Å². The SMILES string of the molecule is C[C@H](c1cccc(-c2ncc(OCC3CCN(C)CC3)cn2)c1)n1nc(-c2cccc(C#N)c2)ccc1=O. The van der Waals surface area contributed by atoms with E-state index in [9.17, 15) is 10.1 Å². The van der Waals surface area contributed by atoms with Gasteiger partial charge in [-0.1, -0.05) is 30.3 Å². The fourth-order valence-corrected chi connectivity index (χ4v) is 4.67. The van der Waals surface area contributed by atoms with Gasteiger partial charge in [-0.05, 0) is 75.6 Å². The Morgan fingerprint density at radius 2 is 1.76 bits per heavy atom. The van der Waals surface area contributed by atoms with Crippen LogP contribution in [-0.2, 0) is 0 Å². The predicted molar refractivity (Wildman–Crippen MR) is 146 cm³/mol. The van der Waals surface area contributed by atoms with Crippen LogP contribution in [0.4, 0.5) is 0 Å². The zero-order chi connectivity index (χ0) is 26.5. The highest BCUT2D eigenvalue weighted by atomic mass is 16.5. The first kappa shape index (κ1) is 25.3. The second-order valence-electron chi connectivity index (χ2n) is 9.80. The Balaban J connectivity index is 1.32. The molecule has 0 unspecified atom stereocenters. The van der Waals surface area contributed by atoms with Gasteiger partial charge >= 0.3 is 0 Å². The molecule has 1 atom stereocenters. The molecule has 8 nitrogen and oxygen atoms in total. The fourth-order valence-electron chi connectivity index (χ4n) is 4.67. The highest BCUT2D eigenvalue weighted by molar-refractivity contribution is 5.61. The molecule has 0 amide bonds. The van der Waals surface area contributed by atoms with Gasteiger partial charge in [0.05, 0.1) is 42.4 Å². The largest absolute Gasteiger partial charge is 0.490 e. The summed E-state index contributed by atoms with van der Waals surface area (Å²) in [7, 11) is 2.15. The molecule has 192 valence electrons. The minimum absolute atomic E-state index is 0.203. The van der Waals surface area contributed by atoms with Crippen LogP contribution in [0.2, 0.25) is 0 Å². The molecular weight excluding hydrogens is 476 g/mol. The number of ether oxygens (including phenoxy) is 1. The van der Waals surface area contributed by atoms with Crippen molar-refractivity contribution in [3.8, 4) is 34.5 Å². The molecule has 4 aromatic rings. The second-order valence-corrected chi connectivity index (χ2v) is 9.80. The van der Waals surface area contributed by atoms with Crippen molar-refractivity contribution in [3.05, 3.63) is 94.5 Å². The molecule has 2 aromatic heterocycles. The summed E-state index contributed by atoms with van der Waals surface area (Å²) in [5.74, 6) is 1.83. The van der Waals surface area contributed by atoms with E-state index < -0.39 is 0 Å². The summed E-state index contributed by atoms with van der Waals surface area (Å²) in [5, 5.41) is 13.8. The molecule has 0 bridgehead atoms. The minimum Gasteiger partial charge on any atom is -0.490 e. The molecule has 0 radical (unpaired) electrons. The van der Waals surface area contributed by atoms with Crippen LogP contribution in [0.25, 0.3) is 22.6 Å². The number of likely N-dealkylation sites (tertiary alicyclic amines) is 1. The summed E-state index contributed by atoms with van der Waals surface area (Å²) in [5.41, 5.74) is 3.51. The van der Waals surface area contributed by atoms with Gasteiger partial charge in [0, 0.05) is 17.2 Å². The molecule has 0 spiro atoms. The van der Waals surface area contributed by atoms with Crippen LogP contribution < -0.4 is 10.3 Å². The zero-order valence-electron chi connectivity index (χ0n) is 21.6. The van der Waals surface area contributed by atoms with Crippen molar-refractivity contribution in [3.63, 3.8) is 0 Å². The van der Waals surface area contributed by atoms with E-state index in [1.54, 1.807) is 30.6 Å². The number of piperidine rings is 1. The maximum Gasteiger partial charge on any atom is 0.267 e. The van der Waals surface area contributed by atoms with E-state index in [0.717, 1.165) is 42.6 Å². The smallest absolute Gasteiger partial charge is 0.267 e. The van der Waals surface area contributed by atoms with Crippen LogP contribution in [0.5, 0.6) is 5.75 Å². The van der Waals surface area contributed by atoms with Crippen LogP contribution in [-0.4, -0.2) is 51.4 Å². The van der Waals surface area contributed by atoms with Crippen LogP contribution >= 0.6 is 0 Å². The van der Waals surface area contributed by atoms with E-state index in [1.807, 2.05) is 43.3 Å². The molecule has 38 heavy (non-hydrogen) atoms. The lowest BCUT2D eigenvalue weighted by Gasteiger charge is -2.28. The molecule has 0 N–H and O–H groups in total. The fraction of sp³-hybridized carbons (Fsp3) is 0.300. The van der Waals surface area contributed by atoms with Crippen molar-refractivity contribution in [2.24, 2.45) is 5.92 Å². The lowest BCUT2D eigenvalue weighted by molar-refractivity contribution is 0.159. The number of hydrogen-bond donors (Lipinski definition) is 0. The van der Waals surface area contributed by atoms with Gasteiger partial charge in [0.1, 0.15) is 0 Å². The third kappa shape index (κ3) is 5.79. The molecule has 5 rings (SSSR count). The standard InChI is InChI=1S/C30H30N6O2/c1-21(36-29(37)10-9-28(34-36)25-7-3-5-23(15-25)17-31)24-6-4-8-26(16-24)30-32-18-27(19-33-30)38-20-22-11-13-35(2)14-12-22/h3-10,15-16,18-19,21-22H,11-14,20H2,1-2H3/t21-/m1/s1. The number of hydrogen-bond acceptors (Lipinski definition) is 7. The molecule has 1 fully saturated rings. The van der Waals surface area contributed by atoms with E-state index in [2.05, 4.69) is 33.1 Å². The Morgan fingerprint density at radius 3 is 2.53 bits per heavy atom. The van der Waals surface area contributed by atoms with Crippen LogP contribution in [0.15, 0.2) is 77.9 Å². The van der Waals surface area contributed by atoms with Gasteiger partial charge in [0.2, 0.25) is 0 Å². The summed E-state index contributed by atoms with van der Waals surface area (Å²) >= 11 is 0. The van der Waals surface area contributed by atoms with E-state index in [1.165, 1.54) is 10.7 Å². The molecule has 1 aliphatic rings. The Morgan fingerprint density at radius 1 is 1.03 bits per heavy atom. The first-order chi connectivity index (χ1) is 18.5. The molecule has 3 heterocycles. The molecule has 0 aliphatic carbocycles. The van der Waals surface area contributed by atoms with Crippen molar-refractivity contribution < 1.29 is 4.74 Å². The first-order valence-electron chi connectivity index (χ1n) is 12.8. The maximum absolute atomic E-state index is 12.7. The number of aromatic nitrogens is 4. The van der Waals surface area contributed by atoms with Crippen LogP contribution in [0.1, 0.15) is 36.9 Å². The minimum atomic E-state index is -0.321. The third-order valence-corrected chi connectivity index (χ3v) is 7.06. The van der Waals surface area contributed by atoms with Crippen LogP contribution in [0.3, 0.4) is 0 Å². The number of nitriles is 1.